The average molecular weight is 329 g/mol. The Balaban J connectivity index is 1.90. The molecule has 1 aliphatic rings. The summed E-state index contributed by atoms with van der Waals surface area (Å²) < 4.78 is 0. The van der Waals surface area contributed by atoms with Crippen molar-refractivity contribution in [3.63, 3.8) is 0 Å². The van der Waals surface area contributed by atoms with E-state index in [4.69, 9.17) is 23.2 Å². The maximum Gasteiger partial charge on any atom is 0.224 e. The molecule has 2 amide bonds. The van der Waals surface area contributed by atoms with Crippen molar-refractivity contribution in [2.45, 2.75) is 25.7 Å². The molecule has 114 valence electrons. The Morgan fingerprint density at radius 1 is 1.43 bits per heavy atom. The molecule has 6 heteroatoms. The average Bonchev–Trinajstić information content (AvgIpc) is 2.45. The maximum atomic E-state index is 12.1. The minimum absolute atomic E-state index is 0.00951. The zero-order valence-electron chi connectivity index (χ0n) is 11.8. The molecule has 1 aromatic rings. The summed E-state index contributed by atoms with van der Waals surface area (Å²) in [6.45, 7) is 2.84. The highest BCUT2D eigenvalue weighted by atomic mass is 35.5. The summed E-state index contributed by atoms with van der Waals surface area (Å²) in [6.07, 6.45) is 1.00. The van der Waals surface area contributed by atoms with Gasteiger partial charge >= 0.3 is 0 Å². The van der Waals surface area contributed by atoms with Crippen LogP contribution >= 0.6 is 23.2 Å². The van der Waals surface area contributed by atoms with E-state index >= 15 is 0 Å². The van der Waals surface area contributed by atoms with Gasteiger partial charge in [-0.05, 0) is 24.1 Å². The van der Waals surface area contributed by atoms with Crippen molar-refractivity contribution in [2.75, 3.05) is 13.1 Å². The molecule has 2 N–H and O–H groups in total. The van der Waals surface area contributed by atoms with Gasteiger partial charge in [-0.25, -0.2) is 0 Å². The Kier molecular flexibility index (Phi) is 5.48. The first-order valence-electron chi connectivity index (χ1n) is 6.97. The fraction of sp³-hybridized carbons (Fsp3) is 0.467. The molecule has 1 aliphatic heterocycles. The first-order valence-corrected chi connectivity index (χ1v) is 7.73. The number of benzene rings is 1. The van der Waals surface area contributed by atoms with Gasteiger partial charge in [-0.15, -0.1) is 0 Å². The lowest BCUT2D eigenvalue weighted by Crippen LogP contribution is -2.43. The predicted molar refractivity (Wildman–Crippen MR) is 83.6 cm³/mol. The van der Waals surface area contributed by atoms with E-state index in [1.54, 1.807) is 18.2 Å². The molecule has 21 heavy (non-hydrogen) atoms. The third kappa shape index (κ3) is 4.11. The van der Waals surface area contributed by atoms with E-state index in [0.29, 0.717) is 36.0 Å². The molecule has 0 aliphatic carbocycles. The van der Waals surface area contributed by atoms with Crippen LogP contribution in [-0.4, -0.2) is 24.9 Å². The topological polar surface area (TPSA) is 58.2 Å². The number of piperidine rings is 1. The van der Waals surface area contributed by atoms with Gasteiger partial charge in [0.2, 0.25) is 11.8 Å². The van der Waals surface area contributed by atoms with Gasteiger partial charge in [-0.1, -0.05) is 36.2 Å². The van der Waals surface area contributed by atoms with Crippen molar-refractivity contribution in [1.82, 2.24) is 10.6 Å². The van der Waals surface area contributed by atoms with Crippen LogP contribution in [0.15, 0.2) is 18.2 Å². The largest absolute Gasteiger partial charge is 0.355 e. The van der Waals surface area contributed by atoms with Crippen molar-refractivity contribution >= 4 is 35.0 Å². The fourth-order valence-electron chi connectivity index (χ4n) is 2.44. The second-order valence-corrected chi connectivity index (χ2v) is 6.14. The summed E-state index contributed by atoms with van der Waals surface area (Å²) in [6, 6.07) is 5.37. The molecule has 0 spiro atoms. The molecular weight excluding hydrogens is 311 g/mol. The zero-order chi connectivity index (χ0) is 15.4. The molecule has 0 saturated carbocycles. The van der Waals surface area contributed by atoms with Gasteiger partial charge in [-0.2, -0.15) is 0 Å². The molecule has 1 aromatic carbocycles. The van der Waals surface area contributed by atoms with Crippen LogP contribution in [0.3, 0.4) is 0 Å². The lowest BCUT2D eigenvalue weighted by molar-refractivity contribution is -0.128. The number of hydrogen-bond acceptors (Lipinski definition) is 2. The highest BCUT2D eigenvalue weighted by molar-refractivity contribution is 6.36. The Hall–Kier alpha value is -1.26. The van der Waals surface area contributed by atoms with Crippen LogP contribution in [0.1, 0.15) is 31.2 Å². The van der Waals surface area contributed by atoms with Gasteiger partial charge in [-0.3, -0.25) is 9.59 Å². The third-order valence-corrected chi connectivity index (χ3v) is 4.37. The van der Waals surface area contributed by atoms with Gasteiger partial charge in [0.1, 0.15) is 0 Å². The van der Waals surface area contributed by atoms with Crippen molar-refractivity contribution in [3.8, 4) is 0 Å². The lowest BCUT2D eigenvalue weighted by Gasteiger charge is -2.23. The van der Waals surface area contributed by atoms with E-state index in [-0.39, 0.29) is 23.7 Å². The van der Waals surface area contributed by atoms with Crippen molar-refractivity contribution in [1.29, 1.82) is 0 Å². The van der Waals surface area contributed by atoms with Crippen molar-refractivity contribution < 1.29 is 9.59 Å². The van der Waals surface area contributed by atoms with Crippen LogP contribution in [0, 0.1) is 5.92 Å². The maximum absolute atomic E-state index is 12.1. The molecule has 4 nitrogen and oxygen atoms in total. The molecule has 1 saturated heterocycles. The molecule has 0 radical (unpaired) electrons. The summed E-state index contributed by atoms with van der Waals surface area (Å²) in [5.41, 5.74) is 0.845. The van der Waals surface area contributed by atoms with Crippen LogP contribution in [0.25, 0.3) is 0 Å². The number of hydrogen-bond donors (Lipinski definition) is 2. The van der Waals surface area contributed by atoms with E-state index in [1.165, 1.54) is 0 Å². The van der Waals surface area contributed by atoms with E-state index in [0.717, 1.165) is 5.56 Å². The number of halogens is 2. The number of amides is 2. The molecule has 0 bridgehead atoms. The molecule has 2 rings (SSSR count). The smallest absolute Gasteiger partial charge is 0.224 e. The van der Waals surface area contributed by atoms with E-state index < -0.39 is 0 Å². The highest BCUT2D eigenvalue weighted by Gasteiger charge is 2.25. The molecule has 2 atom stereocenters. The minimum Gasteiger partial charge on any atom is -0.355 e. The zero-order valence-corrected chi connectivity index (χ0v) is 13.3. The Morgan fingerprint density at radius 2 is 2.10 bits per heavy atom. The summed E-state index contributed by atoms with van der Waals surface area (Å²) in [5.74, 6) is -0.162. The molecular formula is C15H18Cl2N2O2. The molecule has 1 heterocycles. The van der Waals surface area contributed by atoms with Gasteiger partial charge in [0, 0.05) is 35.5 Å². The van der Waals surface area contributed by atoms with Gasteiger partial charge in [0.05, 0.1) is 5.92 Å². The summed E-state index contributed by atoms with van der Waals surface area (Å²) in [4.78, 5) is 23.2. The number of nitrogens with one attached hydrogen (secondary N) is 2. The predicted octanol–water partition coefficient (Wildman–Crippen LogP) is 2.74. The summed E-state index contributed by atoms with van der Waals surface area (Å²) in [7, 11) is 0. The Labute approximate surface area is 134 Å². The second kappa shape index (κ2) is 7.14. The summed E-state index contributed by atoms with van der Waals surface area (Å²) >= 11 is 12.3. The third-order valence-electron chi connectivity index (χ3n) is 3.71. The Morgan fingerprint density at radius 3 is 2.67 bits per heavy atom. The molecule has 0 aromatic heterocycles. The van der Waals surface area contributed by atoms with Crippen LogP contribution in [0.4, 0.5) is 0 Å². The normalized spacial score (nSPS) is 19.8. The van der Waals surface area contributed by atoms with Crippen LogP contribution in [0.5, 0.6) is 0 Å². The fourth-order valence-corrected chi connectivity index (χ4v) is 3.21. The van der Waals surface area contributed by atoms with E-state index in [2.05, 4.69) is 10.6 Å². The monoisotopic (exact) mass is 328 g/mol. The minimum atomic E-state index is -0.156. The van der Waals surface area contributed by atoms with Crippen LogP contribution in [-0.2, 0) is 9.59 Å². The second-order valence-electron chi connectivity index (χ2n) is 5.32. The summed E-state index contributed by atoms with van der Waals surface area (Å²) in [5, 5.41) is 6.83. The van der Waals surface area contributed by atoms with E-state index in [9.17, 15) is 9.59 Å². The quantitative estimate of drug-likeness (QED) is 0.892. The van der Waals surface area contributed by atoms with Gasteiger partial charge < -0.3 is 10.6 Å². The Bertz CT molecular complexity index is 518. The van der Waals surface area contributed by atoms with Crippen molar-refractivity contribution in [2.24, 2.45) is 5.92 Å². The first-order chi connectivity index (χ1) is 9.99. The number of rotatable bonds is 4. The molecule has 1 fully saturated rings. The highest BCUT2D eigenvalue weighted by Crippen LogP contribution is 2.31. The SMILES string of the molecule is C[C@@H](CNC(=O)[C@@H]1CCC(=O)NC1)c1c(Cl)cccc1Cl. The number of carbonyl (C=O) groups excluding carboxylic acids is 2. The lowest BCUT2D eigenvalue weighted by atomic mass is 9.97. The van der Waals surface area contributed by atoms with Crippen molar-refractivity contribution in [3.05, 3.63) is 33.8 Å². The van der Waals surface area contributed by atoms with E-state index in [1.807, 2.05) is 6.92 Å². The first kappa shape index (κ1) is 16.1. The van der Waals surface area contributed by atoms with Gasteiger partial charge in [0.15, 0.2) is 0 Å². The molecule has 0 unspecified atom stereocenters. The van der Waals surface area contributed by atoms with Crippen LogP contribution in [0.2, 0.25) is 10.0 Å². The standard InChI is InChI=1S/C15H18Cl2N2O2/c1-9(14-11(16)3-2-4-12(14)17)7-19-15(21)10-5-6-13(20)18-8-10/h2-4,9-10H,5-8H2,1H3,(H,18,20)(H,19,21)/t9-,10+/m0/s1. The number of carbonyl (C=O) groups is 2. The van der Waals surface area contributed by atoms with Gasteiger partial charge in [0.25, 0.3) is 0 Å². The van der Waals surface area contributed by atoms with Crippen LogP contribution < -0.4 is 10.6 Å².